The predicted molar refractivity (Wildman–Crippen MR) is 105 cm³/mol. The summed E-state index contributed by atoms with van der Waals surface area (Å²) < 4.78 is 6.76. The number of benzene rings is 1. The van der Waals surface area contributed by atoms with E-state index in [0.29, 0.717) is 24.8 Å². The molecule has 0 aliphatic rings. The van der Waals surface area contributed by atoms with Crippen molar-refractivity contribution in [3.8, 4) is 0 Å². The van der Waals surface area contributed by atoms with Crippen LogP contribution in [-0.2, 0) is 16.1 Å². The number of hydrogen-bond donors (Lipinski definition) is 0. The van der Waals surface area contributed by atoms with Crippen LogP contribution in [0.25, 0.3) is 6.08 Å². The predicted octanol–water partition coefficient (Wildman–Crippen LogP) is 3.71. The molecular weight excluding hydrogens is 350 g/mol. The number of ether oxygens (including phenoxy) is 1. The molecule has 0 radical (unpaired) electrons. The lowest BCUT2D eigenvalue weighted by Crippen LogP contribution is -2.26. The van der Waals surface area contributed by atoms with Crippen molar-refractivity contribution in [1.29, 1.82) is 0 Å². The summed E-state index contributed by atoms with van der Waals surface area (Å²) in [7, 11) is 3.43. The number of carbonyl (C=O) groups is 1. The number of likely N-dealkylation sites (N-methyl/N-ethyl adjacent to an activating group) is 1. The Morgan fingerprint density at radius 3 is 2.65 bits per heavy atom. The molecule has 0 bridgehead atoms. The zero-order chi connectivity index (χ0) is 19.1. The van der Waals surface area contributed by atoms with Crippen LogP contribution in [0.1, 0.15) is 28.8 Å². The van der Waals surface area contributed by atoms with Gasteiger partial charge in [0, 0.05) is 38.9 Å². The van der Waals surface area contributed by atoms with Gasteiger partial charge in [-0.1, -0.05) is 41.4 Å². The fourth-order valence-electron chi connectivity index (χ4n) is 2.57. The summed E-state index contributed by atoms with van der Waals surface area (Å²) >= 11 is 6.48. The van der Waals surface area contributed by atoms with Crippen LogP contribution in [0.4, 0.5) is 0 Å². The van der Waals surface area contributed by atoms with Crippen molar-refractivity contribution >= 4 is 23.6 Å². The Hall–Kier alpha value is -2.11. The molecule has 0 saturated heterocycles. The molecule has 0 fully saturated rings. The standard InChI is InChI=1S/C20H26ClN3O2/c1-15-6-8-17(9-7-15)14-24-20(21)18(16(2)22-24)10-11-19(25)23(3)12-5-13-26-4/h6-11H,5,12-14H2,1-4H3/b11-10+. The summed E-state index contributed by atoms with van der Waals surface area (Å²) in [5, 5.41) is 5.04. The molecule has 0 saturated carbocycles. The number of aromatic nitrogens is 2. The third kappa shape index (κ3) is 5.44. The molecule has 0 aliphatic heterocycles. The summed E-state index contributed by atoms with van der Waals surface area (Å²) in [6.07, 6.45) is 4.09. The van der Waals surface area contributed by atoms with E-state index in [0.717, 1.165) is 23.2 Å². The quantitative estimate of drug-likeness (QED) is 0.522. The second-order valence-corrected chi connectivity index (χ2v) is 6.73. The van der Waals surface area contributed by atoms with Crippen LogP contribution in [0.2, 0.25) is 5.15 Å². The number of carbonyl (C=O) groups excluding carboxylic acids is 1. The van der Waals surface area contributed by atoms with Gasteiger partial charge in [0.1, 0.15) is 5.15 Å². The van der Waals surface area contributed by atoms with E-state index in [1.165, 1.54) is 5.56 Å². The minimum atomic E-state index is -0.0668. The Kier molecular flexibility index (Phi) is 7.42. The van der Waals surface area contributed by atoms with Gasteiger partial charge in [-0.25, -0.2) is 4.68 Å². The van der Waals surface area contributed by atoms with Gasteiger partial charge in [0.15, 0.2) is 0 Å². The molecule has 6 heteroatoms. The number of amides is 1. The van der Waals surface area contributed by atoms with Crippen LogP contribution in [0, 0.1) is 13.8 Å². The first-order valence-corrected chi connectivity index (χ1v) is 9.00. The lowest BCUT2D eigenvalue weighted by atomic mass is 10.1. The second-order valence-electron chi connectivity index (χ2n) is 6.37. The highest BCUT2D eigenvalue weighted by Crippen LogP contribution is 2.22. The maximum absolute atomic E-state index is 12.2. The number of halogens is 1. The van der Waals surface area contributed by atoms with Gasteiger partial charge >= 0.3 is 0 Å². The van der Waals surface area contributed by atoms with E-state index in [2.05, 4.69) is 36.3 Å². The highest BCUT2D eigenvalue weighted by molar-refractivity contribution is 6.31. The normalized spacial score (nSPS) is 11.3. The molecule has 2 rings (SSSR count). The second kappa shape index (κ2) is 9.55. The molecule has 2 aromatic rings. The summed E-state index contributed by atoms with van der Waals surface area (Å²) in [5.41, 5.74) is 3.92. The van der Waals surface area contributed by atoms with Crippen LogP contribution in [-0.4, -0.2) is 47.9 Å². The summed E-state index contributed by atoms with van der Waals surface area (Å²) in [4.78, 5) is 13.9. The molecule has 0 unspecified atom stereocenters. The maximum Gasteiger partial charge on any atom is 0.246 e. The molecule has 5 nitrogen and oxygen atoms in total. The minimum Gasteiger partial charge on any atom is -0.385 e. The van der Waals surface area contributed by atoms with Crippen molar-refractivity contribution in [1.82, 2.24) is 14.7 Å². The summed E-state index contributed by atoms with van der Waals surface area (Å²) in [6, 6.07) is 8.27. The summed E-state index contributed by atoms with van der Waals surface area (Å²) in [5.74, 6) is -0.0668. The highest BCUT2D eigenvalue weighted by atomic mass is 35.5. The van der Waals surface area contributed by atoms with Gasteiger partial charge in [0.25, 0.3) is 0 Å². The topological polar surface area (TPSA) is 47.4 Å². The number of nitrogens with zero attached hydrogens (tertiary/aromatic N) is 3. The average molecular weight is 376 g/mol. The van der Waals surface area contributed by atoms with E-state index in [4.69, 9.17) is 16.3 Å². The molecule has 26 heavy (non-hydrogen) atoms. The van der Waals surface area contributed by atoms with Crippen molar-refractivity contribution in [2.45, 2.75) is 26.8 Å². The molecule has 0 aliphatic carbocycles. The third-order valence-electron chi connectivity index (χ3n) is 4.17. The molecule has 0 N–H and O–H groups in total. The molecule has 1 amide bonds. The SMILES string of the molecule is COCCCN(C)C(=O)/C=C/c1c(C)nn(Cc2ccc(C)cc2)c1Cl. The van der Waals surface area contributed by atoms with Gasteiger partial charge in [0.2, 0.25) is 5.91 Å². The first kappa shape index (κ1) is 20.2. The van der Waals surface area contributed by atoms with E-state index < -0.39 is 0 Å². The Morgan fingerprint density at radius 1 is 1.31 bits per heavy atom. The molecular formula is C20H26ClN3O2. The van der Waals surface area contributed by atoms with Crippen LogP contribution in [0.3, 0.4) is 0 Å². The first-order valence-electron chi connectivity index (χ1n) is 8.63. The number of methoxy groups -OCH3 is 1. The van der Waals surface area contributed by atoms with Gasteiger partial charge in [-0.05, 0) is 31.9 Å². The van der Waals surface area contributed by atoms with Gasteiger partial charge < -0.3 is 9.64 Å². The fraction of sp³-hybridized carbons (Fsp3) is 0.400. The van der Waals surface area contributed by atoms with Crippen LogP contribution >= 0.6 is 11.6 Å². The minimum absolute atomic E-state index is 0.0668. The van der Waals surface area contributed by atoms with Gasteiger partial charge in [0.05, 0.1) is 12.2 Å². The summed E-state index contributed by atoms with van der Waals surface area (Å²) in [6.45, 7) is 5.83. The van der Waals surface area contributed by atoms with E-state index in [9.17, 15) is 4.79 Å². The lowest BCUT2D eigenvalue weighted by Gasteiger charge is -2.14. The molecule has 1 aromatic carbocycles. The lowest BCUT2D eigenvalue weighted by molar-refractivity contribution is -0.124. The molecule has 0 atom stereocenters. The Morgan fingerprint density at radius 2 is 2.00 bits per heavy atom. The van der Waals surface area contributed by atoms with Gasteiger partial charge in [-0.2, -0.15) is 5.10 Å². The van der Waals surface area contributed by atoms with Crippen LogP contribution in [0.15, 0.2) is 30.3 Å². The van der Waals surface area contributed by atoms with Crippen molar-refractivity contribution in [3.05, 3.63) is 57.9 Å². The smallest absolute Gasteiger partial charge is 0.246 e. The molecule has 140 valence electrons. The Bertz CT molecular complexity index is 766. The monoisotopic (exact) mass is 375 g/mol. The maximum atomic E-state index is 12.2. The van der Waals surface area contributed by atoms with E-state index in [-0.39, 0.29) is 5.91 Å². The average Bonchev–Trinajstić information content (AvgIpc) is 2.88. The van der Waals surface area contributed by atoms with Crippen molar-refractivity contribution in [2.75, 3.05) is 27.3 Å². The number of hydrogen-bond acceptors (Lipinski definition) is 3. The number of rotatable bonds is 8. The molecule has 1 aromatic heterocycles. The Balaban J connectivity index is 2.07. The van der Waals surface area contributed by atoms with E-state index in [1.807, 2.05) is 6.92 Å². The van der Waals surface area contributed by atoms with Crippen LogP contribution < -0.4 is 0 Å². The van der Waals surface area contributed by atoms with Gasteiger partial charge in [-0.15, -0.1) is 0 Å². The van der Waals surface area contributed by atoms with Gasteiger partial charge in [-0.3, -0.25) is 4.79 Å². The van der Waals surface area contributed by atoms with E-state index >= 15 is 0 Å². The molecule has 0 spiro atoms. The van der Waals surface area contributed by atoms with Crippen molar-refractivity contribution in [3.63, 3.8) is 0 Å². The van der Waals surface area contributed by atoms with Crippen molar-refractivity contribution < 1.29 is 9.53 Å². The fourth-order valence-corrected chi connectivity index (χ4v) is 2.86. The number of aryl methyl sites for hydroxylation is 2. The third-order valence-corrected chi connectivity index (χ3v) is 4.57. The highest BCUT2D eigenvalue weighted by Gasteiger charge is 2.12. The van der Waals surface area contributed by atoms with Crippen LogP contribution in [0.5, 0.6) is 0 Å². The van der Waals surface area contributed by atoms with E-state index in [1.54, 1.807) is 35.9 Å². The largest absolute Gasteiger partial charge is 0.385 e. The zero-order valence-electron chi connectivity index (χ0n) is 15.8. The molecule has 1 heterocycles. The zero-order valence-corrected chi connectivity index (χ0v) is 16.6. The van der Waals surface area contributed by atoms with Crippen molar-refractivity contribution in [2.24, 2.45) is 0 Å². The Labute approximate surface area is 160 Å². The first-order chi connectivity index (χ1) is 12.4.